The summed E-state index contributed by atoms with van der Waals surface area (Å²) in [4.78, 5) is 54.0. The third-order valence-electron chi connectivity index (χ3n) is 8.49. The summed E-state index contributed by atoms with van der Waals surface area (Å²) in [5.41, 5.74) is 17.7. The number of carbonyl (C=O) groups excluding carboxylic acids is 3. The number of anilines is 3. The van der Waals surface area contributed by atoms with E-state index in [0.29, 0.717) is 41.7 Å². The van der Waals surface area contributed by atoms with Crippen LogP contribution >= 0.6 is 0 Å². The zero-order valence-electron chi connectivity index (χ0n) is 32.7. The van der Waals surface area contributed by atoms with E-state index in [1.165, 1.54) is 30.9 Å². The Bertz CT molecular complexity index is 2280. The molecule has 20 heteroatoms. The lowest BCUT2D eigenvalue weighted by molar-refractivity contribution is -0.147. The first-order valence-electron chi connectivity index (χ1n) is 18.7. The van der Waals surface area contributed by atoms with Crippen molar-refractivity contribution >= 4 is 52.0 Å². The van der Waals surface area contributed by atoms with E-state index in [-0.39, 0.29) is 79.2 Å². The van der Waals surface area contributed by atoms with Gasteiger partial charge < -0.3 is 47.4 Å². The van der Waals surface area contributed by atoms with Gasteiger partial charge in [0.1, 0.15) is 34.9 Å². The van der Waals surface area contributed by atoms with Crippen LogP contribution in [0.4, 0.5) is 26.1 Å². The molecule has 0 aliphatic rings. The number of halogens is 2. The van der Waals surface area contributed by atoms with Crippen LogP contribution in [-0.4, -0.2) is 86.9 Å². The fourth-order valence-electron chi connectivity index (χ4n) is 5.69. The molecule has 3 heterocycles. The second-order valence-corrected chi connectivity index (χ2v) is 13.1. The molecular weight excluding hydrogens is 771 g/mol. The molecule has 5 rings (SSSR count). The third kappa shape index (κ3) is 12.0. The molecule has 2 amide bonds. The van der Waals surface area contributed by atoms with Crippen molar-refractivity contribution in [1.29, 1.82) is 0 Å². The second-order valence-electron chi connectivity index (χ2n) is 13.1. The number of hydrogen-bond donors (Lipinski definition) is 6. The highest BCUT2D eigenvalue weighted by atomic mass is 19.1. The van der Waals surface area contributed by atoms with E-state index >= 15 is 8.78 Å². The van der Waals surface area contributed by atoms with Gasteiger partial charge in [-0.3, -0.25) is 19.3 Å². The van der Waals surface area contributed by atoms with Crippen molar-refractivity contribution < 1.29 is 37.4 Å². The topological polar surface area (TPSA) is 262 Å². The predicted octanol–water partition coefficient (Wildman–Crippen LogP) is 3.51. The number of nitrogens with two attached hydrogens (primary N) is 3. The van der Waals surface area contributed by atoms with Crippen molar-refractivity contribution in [1.82, 2.24) is 30.0 Å². The molecule has 0 aliphatic heterocycles. The Morgan fingerprint density at radius 2 is 1.76 bits per heavy atom. The van der Waals surface area contributed by atoms with Crippen molar-refractivity contribution in [2.45, 2.75) is 58.7 Å². The molecule has 0 fully saturated rings. The van der Waals surface area contributed by atoms with Crippen molar-refractivity contribution in [3.8, 4) is 23.0 Å². The highest BCUT2D eigenvalue weighted by Crippen LogP contribution is 2.32. The molecule has 3 aromatic heterocycles. The molecule has 5 aromatic rings. The number of hydrogen-bond acceptors (Lipinski definition) is 13. The molecule has 2 aromatic carbocycles. The Hall–Kier alpha value is -6.96. The summed E-state index contributed by atoms with van der Waals surface area (Å²) >= 11 is 0. The predicted molar refractivity (Wildman–Crippen MR) is 216 cm³/mol. The molecule has 0 bridgehead atoms. The minimum Gasteiger partial charge on any atom is -0.494 e. The first kappa shape index (κ1) is 43.2. The molecule has 0 saturated heterocycles. The van der Waals surface area contributed by atoms with E-state index < -0.39 is 35.6 Å². The Balaban J connectivity index is 1.31. The maximum Gasteiger partial charge on any atom is 0.328 e. The summed E-state index contributed by atoms with van der Waals surface area (Å²) in [5.74, 6) is -2.14. The van der Waals surface area contributed by atoms with Crippen molar-refractivity contribution in [3.63, 3.8) is 0 Å². The van der Waals surface area contributed by atoms with Crippen molar-refractivity contribution in [2.75, 3.05) is 37.0 Å². The van der Waals surface area contributed by atoms with E-state index in [1.807, 2.05) is 0 Å². The smallest absolute Gasteiger partial charge is 0.328 e. The molecule has 59 heavy (non-hydrogen) atoms. The Morgan fingerprint density at radius 3 is 2.49 bits per heavy atom. The lowest BCUT2D eigenvalue weighted by Crippen LogP contribution is -2.47. The van der Waals surface area contributed by atoms with Crippen molar-refractivity contribution in [3.05, 3.63) is 78.1 Å². The first-order valence-corrected chi connectivity index (χ1v) is 18.7. The fourth-order valence-corrected chi connectivity index (χ4v) is 5.69. The summed E-state index contributed by atoms with van der Waals surface area (Å²) in [6.45, 7) is 4.94. The highest BCUT2D eigenvalue weighted by molar-refractivity contribution is 5.92. The number of benzene rings is 2. The highest BCUT2D eigenvalue weighted by Gasteiger charge is 2.22. The molecule has 9 N–H and O–H groups in total. The van der Waals surface area contributed by atoms with Gasteiger partial charge in [-0.25, -0.2) is 28.5 Å². The number of carbonyl (C=O) groups is 3. The van der Waals surface area contributed by atoms with Gasteiger partial charge in [0.15, 0.2) is 23.4 Å². The molecule has 0 radical (unpaired) electrons. The van der Waals surface area contributed by atoms with Gasteiger partial charge in [0.2, 0.25) is 11.8 Å². The summed E-state index contributed by atoms with van der Waals surface area (Å²) in [6, 6.07) is 10.8. The number of amides is 2. The summed E-state index contributed by atoms with van der Waals surface area (Å²) in [7, 11) is 0. The van der Waals surface area contributed by atoms with Crippen LogP contribution in [0.2, 0.25) is 0 Å². The van der Waals surface area contributed by atoms with Gasteiger partial charge in [0.25, 0.3) is 0 Å². The van der Waals surface area contributed by atoms with Crippen molar-refractivity contribution in [2.24, 2.45) is 22.2 Å². The zero-order chi connectivity index (χ0) is 42.5. The monoisotopic (exact) mass is 816 g/mol. The van der Waals surface area contributed by atoms with Crippen LogP contribution in [0.5, 0.6) is 11.5 Å². The van der Waals surface area contributed by atoms with E-state index in [0.717, 1.165) is 12.1 Å². The van der Waals surface area contributed by atoms with Gasteiger partial charge in [-0.15, -0.1) is 0 Å². The molecule has 0 spiro atoms. The van der Waals surface area contributed by atoms with Crippen LogP contribution in [0.3, 0.4) is 0 Å². The maximum atomic E-state index is 15.1. The maximum absolute atomic E-state index is 15.1. The average Bonchev–Trinajstić information content (AvgIpc) is 3.56. The number of ether oxygens (including phenoxy) is 3. The zero-order valence-corrected chi connectivity index (χ0v) is 32.7. The molecule has 312 valence electrons. The van der Waals surface area contributed by atoms with Gasteiger partial charge >= 0.3 is 5.97 Å². The number of rotatable bonds is 20. The second kappa shape index (κ2) is 20.5. The summed E-state index contributed by atoms with van der Waals surface area (Å²) in [6.07, 6.45) is 3.98. The van der Waals surface area contributed by atoms with Crippen LogP contribution in [0, 0.1) is 11.6 Å². The number of pyridine rings is 1. The number of fused-ring (bicyclic) bond motifs is 1. The minimum atomic E-state index is -0.954. The quantitative estimate of drug-likeness (QED) is 0.0284. The molecule has 0 unspecified atom stereocenters. The number of aliphatic imine (C=N–C) groups is 1. The number of nitrogens with one attached hydrogen (secondary N) is 3. The van der Waals surface area contributed by atoms with Crippen LogP contribution in [0.15, 0.2) is 65.9 Å². The van der Waals surface area contributed by atoms with Crippen LogP contribution < -0.4 is 42.6 Å². The molecule has 2 atom stereocenters. The number of esters is 1. The first-order chi connectivity index (χ1) is 28.3. The largest absolute Gasteiger partial charge is 0.494 e. The number of guanidine groups is 1. The Kier molecular flexibility index (Phi) is 15.0. The normalized spacial score (nSPS) is 12.0. The number of nitrogens with zero attached hydrogens (tertiary/aromatic N) is 6. The van der Waals surface area contributed by atoms with Gasteiger partial charge in [-0.2, -0.15) is 5.10 Å². The standard InChI is InChI=1S/C39H46F2N12O6/c1-4-57-25-18-28(40)27(29(41)19-25)21-53-31-11-6-5-9-26(31)34(52-53)36-47-20-32(35(51-36)50-24-12-14-45-33(17-24)49-23(3)54)58-15-8-16-59-38(56)22(2)48-37(55)30(42)10-7-13-46-39(43)44/h5-6,9,11-12,14,17-20,22,30H,4,7-8,10,13,15-16,21,42H2,1-3H3,(H,48,55)(H4,43,44,46)(H2,45,47,49,50,51,54)/t22-,30-/m0/s1. The van der Waals surface area contributed by atoms with Gasteiger partial charge in [-0.05, 0) is 38.8 Å². The van der Waals surface area contributed by atoms with E-state index in [9.17, 15) is 14.4 Å². The number of aromatic nitrogens is 5. The molecule has 0 aliphatic carbocycles. The molecular formula is C39H46F2N12O6. The van der Waals surface area contributed by atoms with E-state index in [2.05, 4.69) is 30.9 Å². The summed E-state index contributed by atoms with van der Waals surface area (Å²) < 4.78 is 48.4. The van der Waals surface area contributed by atoms with Gasteiger partial charge in [0, 0.05) is 60.9 Å². The fraction of sp³-hybridized carbons (Fsp3) is 0.333. The lowest BCUT2D eigenvalue weighted by Gasteiger charge is -2.17. The molecule has 18 nitrogen and oxygen atoms in total. The van der Waals surface area contributed by atoms with Crippen LogP contribution in [0.1, 0.15) is 45.6 Å². The lowest BCUT2D eigenvalue weighted by atomic mass is 10.1. The van der Waals surface area contributed by atoms with E-state index in [4.69, 9.17) is 41.5 Å². The van der Waals surface area contributed by atoms with Gasteiger partial charge in [0.05, 0.1) is 44.1 Å². The van der Waals surface area contributed by atoms with Crippen LogP contribution in [-0.2, 0) is 25.7 Å². The summed E-state index contributed by atoms with van der Waals surface area (Å²) in [5, 5.41) is 13.7. The minimum absolute atomic E-state index is 0.0330. The Labute approximate surface area is 337 Å². The SMILES string of the molecule is CCOc1cc(F)c(Cn2nc(-c3ncc(OCCCOC(=O)[C@H](C)NC(=O)[C@@H](N)CCCN=C(N)N)c(Nc4ccnc(NC(C)=O)c4)n3)c3ccccc32)c(F)c1. The van der Waals surface area contributed by atoms with E-state index in [1.54, 1.807) is 43.3 Å². The molecule has 0 saturated carbocycles. The van der Waals surface area contributed by atoms with Crippen LogP contribution in [0.25, 0.3) is 22.4 Å². The number of para-hydroxylation sites is 1. The average molecular weight is 817 g/mol. The van der Waals surface area contributed by atoms with Gasteiger partial charge in [-0.1, -0.05) is 18.2 Å². The Morgan fingerprint density at radius 1 is 1.00 bits per heavy atom. The third-order valence-corrected chi connectivity index (χ3v) is 8.49.